The zero-order chi connectivity index (χ0) is 40.1. The Morgan fingerprint density at radius 3 is 2.07 bits per heavy atom. The van der Waals surface area contributed by atoms with Crippen molar-refractivity contribution < 1.29 is 83.3 Å². The van der Waals surface area contributed by atoms with Crippen molar-refractivity contribution in [1.29, 1.82) is 0 Å². The van der Waals surface area contributed by atoms with Crippen LogP contribution in [0.1, 0.15) is 134 Å². The van der Waals surface area contributed by atoms with E-state index in [4.69, 9.17) is 23.7 Å². The average Bonchev–Trinajstić information content (AvgIpc) is 3.47. The maximum Gasteiger partial charge on any atom is 1.00 e. The Morgan fingerprint density at radius 2 is 1.49 bits per heavy atom. The summed E-state index contributed by atoms with van der Waals surface area (Å²) < 4.78 is 33.6. The summed E-state index contributed by atoms with van der Waals surface area (Å²) in [7, 11) is 0. The van der Waals surface area contributed by atoms with Crippen molar-refractivity contribution in [3.63, 3.8) is 0 Å². The summed E-state index contributed by atoms with van der Waals surface area (Å²) in [5, 5.41) is 46.2. The molecule has 0 amide bonds. The monoisotopic (exact) mass is 786 g/mol. The molecule has 0 aromatic heterocycles. The molecule has 1 unspecified atom stereocenters. The number of Topliss-reactive ketones (excluding diaryl/α,β-unsaturated/α-hetero) is 1. The minimum Gasteiger partial charge on any atom is -0.550 e. The van der Waals surface area contributed by atoms with Gasteiger partial charge in [0.05, 0.1) is 47.8 Å². The molecule has 19 atom stereocenters. The van der Waals surface area contributed by atoms with Gasteiger partial charge in [0, 0.05) is 42.0 Å². The first-order chi connectivity index (χ1) is 25.2. The third-order valence-corrected chi connectivity index (χ3v) is 14.8. The first-order valence-electron chi connectivity index (χ1n) is 21.1. The van der Waals surface area contributed by atoms with Crippen molar-refractivity contribution in [3.8, 4) is 0 Å². The number of aliphatic carboxylic acids is 1. The van der Waals surface area contributed by atoms with Gasteiger partial charge in [0.1, 0.15) is 11.9 Å². The van der Waals surface area contributed by atoms with Gasteiger partial charge in [-0.05, 0) is 95.1 Å². The molecule has 11 nitrogen and oxygen atoms in total. The molecule has 12 heteroatoms. The van der Waals surface area contributed by atoms with Gasteiger partial charge in [0.2, 0.25) is 5.79 Å². The van der Waals surface area contributed by atoms with Gasteiger partial charge in [0.15, 0.2) is 5.79 Å². The normalized spacial score (nSPS) is 46.1. The zero-order valence-electron chi connectivity index (χ0n) is 35.8. The minimum atomic E-state index is -1.38. The number of rotatable bonds is 12. The Balaban J connectivity index is 0.00000673. The number of ether oxygens (including phenoxy) is 5. The fourth-order valence-corrected chi connectivity index (χ4v) is 10.9. The molecule has 2 spiro atoms. The molecule has 0 aromatic carbocycles. The molecule has 5 heterocycles. The Morgan fingerprint density at radius 1 is 0.873 bits per heavy atom. The van der Waals surface area contributed by atoms with Gasteiger partial charge in [-0.1, -0.05) is 62.3 Å². The first kappa shape index (κ1) is 47.2. The molecule has 0 bridgehead atoms. The number of hydrogen-bond donors (Lipinski definition) is 3. The van der Waals surface area contributed by atoms with E-state index in [0.29, 0.717) is 51.4 Å². The van der Waals surface area contributed by atoms with Gasteiger partial charge in [-0.3, -0.25) is 4.79 Å². The molecule has 0 saturated carbocycles. The number of carboxylic acids is 1. The van der Waals surface area contributed by atoms with Crippen molar-refractivity contribution in [1.82, 2.24) is 0 Å². The van der Waals surface area contributed by atoms with E-state index >= 15 is 0 Å². The van der Waals surface area contributed by atoms with Crippen LogP contribution in [0.4, 0.5) is 0 Å². The summed E-state index contributed by atoms with van der Waals surface area (Å²) in [5.74, 6) is -6.29. The van der Waals surface area contributed by atoms with Crippen molar-refractivity contribution >= 4 is 11.8 Å². The summed E-state index contributed by atoms with van der Waals surface area (Å²) in [6.07, 6.45) is 4.51. The Hall–Kier alpha value is -0.440. The molecule has 4 saturated heterocycles. The van der Waals surface area contributed by atoms with Crippen LogP contribution >= 0.6 is 0 Å². The second kappa shape index (κ2) is 18.0. The molecule has 0 aliphatic carbocycles. The number of aliphatic hydroxyl groups excluding tert-OH is 2. The van der Waals surface area contributed by atoms with Gasteiger partial charge in [-0.15, -0.1) is 0 Å². The molecule has 0 radical (unpaired) electrons. The molecule has 5 aliphatic heterocycles. The maximum atomic E-state index is 14.5. The third kappa shape index (κ3) is 8.89. The van der Waals surface area contributed by atoms with Crippen molar-refractivity contribution in [2.24, 2.45) is 47.3 Å². The number of carboxylic acid groups (broad SMARTS) is 1. The Labute approximate surface area is 352 Å². The van der Waals surface area contributed by atoms with E-state index in [1.54, 1.807) is 19.1 Å². The van der Waals surface area contributed by atoms with Crippen LogP contribution in [0, 0.1) is 47.3 Å². The Bertz CT molecular complexity index is 1360. The molecule has 5 rings (SSSR count). The molecular weight excluding hydrogens is 715 g/mol. The first-order valence-corrected chi connectivity index (χ1v) is 21.1. The molecule has 3 N–H and O–H groups in total. The number of ketones is 1. The van der Waals surface area contributed by atoms with Crippen molar-refractivity contribution in [2.45, 2.75) is 199 Å². The summed E-state index contributed by atoms with van der Waals surface area (Å²) in [6.45, 7) is 21.5. The molecule has 310 valence electrons. The molecule has 4 fully saturated rings. The van der Waals surface area contributed by atoms with E-state index in [-0.39, 0.29) is 71.2 Å². The predicted molar refractivity (Wildman–Crippen MR) is 201 cm³/mol. The topological polar surface area (TPSA) is 164 Å². The predicted octanol–water partition coefficient (Wildman–Crippen LogP) is 2.10. The van der Waals surface area contributed by atoms with E-state index in [1.807, 2.05) is 48.5 Å². The second-order valence-electron chi connectivity index (χ2n) is 18.5. The quantitative estimate of drug-likeness (QED) is 0.196. The van der Waals surface area contributed by atoms with Crippen LogP contribution in [0.5, 0.6) is 0 Å². The second-order valence-corrected chi connectivity index (χ2v) is 18.5. The standard InChI is InChI=1S/C43H72O11.Na/c1-12-30(35(46)27(8)34(45)28(9)36-23(4)21-24(5)37(51-36)31(13-2)39(47)48)38-25(6)22-26(7)42(52-38)18-15-32(44)43(54-42)20-19-40(11,53-43)33-16-17-41(49,14-3)29(10)50-33;/h15,18,23-34,36-38,44-45,49H,12-14,16-17,19-22H2,1-11H3,(H,47,48);/q;+1/p-1/t23-,24-,25-,26+,27-,28-,29?,30-,31+,32+,33+,34+,36+,37+,38-,40-,41+,42-,43-;/m0./s1. The van der Waals surface area contributed by atoms with Crippen LogP contribution in [0.3, 0.4) is 0 Å². The van der Waals surface area contributed by atoms with Crippen molar-refractivity contribution in [3.05, 3.63) is 12.2 Å². The number of carbonyl (C=O) groups is 2. The van der Waals surface area contributed by atoms with Crippen molar-refractivity contribution in [2.75, 3.05) is 0 Å². The van der Waals surface area contributed by atoms with Crippen LogP contribution in [-0.4, -0.2) is 92.6 Å². The van der Waals surface area contributed by atoms with Gasteiger partial charge < -0.3 is 48.9 Å². The van der Waals surface area contributed by atoms with E-state index in [1.165, 1.54) is 0 Å². The average molecular weight is 787 g/mol. The number of aliphatic hydroxyl groups is 3. The van der Waals surface area contributed by atoms with Gasteiger partial charge >= 0.3 is 29.6 Å². The molecule has 0 aromatic rings. The van der Waals surface area contributed by atoms with Crippen LogP contribution in [-0.2, 0) is 33.3 Å². The SMILES string of the molecule is CC[C@@H](C(=O)[O-])[C@@H]1O[C@@H]([C@@H](C)[C@H](O)[C@H](C)C(=O)[C@H](CC)[C@H]2O[C@]3(C=C[C@@H](O)[C@]4(CC[C@@](C)([C@H]5CC[C@](O)(CC)C(C)O5)O4)O3)[C@H](C)C[C@@H]2C)[C@@H](C)C[C@@H]1C.[Na+]. The Kier molecular flexibility index (Phi) is 15.5. The summed E-state index contributed by atoms with van der Waals surface area (Å²) in [5.41, 5.74) is -1.64. The summed E-state index contributed by atoms with van der Waals surface area (Å²) in [4.78, 5) is 26.4. The fourth-order valence-electron chi connectivity index (χ4n) is 10.9. The summed E-state index contributed by atoms with van der Waals surface area (Å²) >= 11 is 0. The van der Waals surface area contributed by atoms with Crippen LogP contribution < -0.4 is 34.7 Å². The van der Waals surface area contributed by atoms with E-state index in [0.717, 1.165) is 6.42 Å². The zero-order valence-corrected chi connectivity index (χ0v) is 37.8. The molecular formula is C43H71NaO11. The number of carbonyl (C=O) groups excluding carboxylic acids is 2. The van der Waals surface area contributed by atoms with E-state index in [2.05, 4.69) is 20.8 Å². The molecule has 5 aliphatic rings. The third-order valence-electron chi connectivity index (χ3n) is 14.8. The van der Waals surface area contributed by atoms with Crippen LogP contribution in [0.25, 0.3) is 0 Å². The maximum absolute atomic E-state index is 14.5. The minimum absolute atomic E-state index is 0. The molecule has 55 heavy (non-hydrogen) atoms. The van der Waals surface area contributed by atoms with E-state index in [9.17, 15) is 30.0 Å². The van der Waals surface area contributed by atoms with Crippen LogP contribution in [0.2, 0.25) is 0 Å². The van der Waals surface area contributed by atoms with Gasteiger partial charge in [-0.25, -0.2) is 0 Å². The number of hydrogen-bond acceptors (Lipinski definition) is 11. The van der Waals surface area contributed by atoms with E-state index < -0.39 is 82.9 Å². The largest absolute Gasteiger partial charge is 1.00 e. The smallest absolute Gasteiger partial charge is 0.550 e. The van der Waals surface area contributed by atoms with Gasteiger partial charge in [0.25, 0.3) is 0 Å². The fraction of sp³-hybridized carbons (Fsp3) is 0.907. The van der Waals surface area contributed by atoms with Gasteiger partial charge in [-0.2, -0.15) is 0 Å². The summed E-state index contributed by atoms with van der Waals surface area (Å²) in [6, 6.07) is 0. The van der Waals surface area contributed by atoms with Crippen LogP contribution in [0.15, 0.2) is 12.2 Å².